The van der Waals surface area contributed by atoms with Crippen molar-refractivity contribution in [2.75, 3.05) is 26.3 Å². The Hall–Kier alpha value is -2.25. The molecule has 2 atom stereocenters. The first-order chi connectivity index (χ1) is 14.5. The standard InChI is InChI=1S/C23H26ClFN2O3/c1-2-10-29-16-21(28)14-27(13-17-4-3-5-20(25)11-17)15-22-12-23(26-30-22)18-6-8-19(24)9-7-18/h2-9,11,21-22,28H,1,10,12-16H2. The van der Waals surface area contributed by atoms with Crippen molar-refractivity contribution in [3.63, 3.8) is 0 Å². The van der Waals surface area contributed by atoms with Gasteiger partial charge in [-0.05, 0) is 35.4 Å². The molecule has 30 heavy (non-hydrogen) atoms. The lowest BCUT2D eigenvalue weighted by molar-refractivity contribution is 0.00334. The number of rotatable bonds is 11. The van der Waals surface area contributed by atoms with E-state index in [1.165, 1.54) is 12.1 Å². The van der Waals surface area contributed by atoms with Crippen LogP contribution in [0.4, 0.5) is 4.39 Å². The highest BCUT2D eigenvalue weighted by Crippen LogP contribution is 2.20. The molecule has 0 spiro atoms. The average molecular weight is 433 g/mol. The molecule has 0 saturated heterocycles. The van der Waals surface area contributed by atoms with Crippen LogP contribution in [0.15, 0.2) is 66.3 Å². The highest BCUT2D eigenvalue weighted by Gasteiger charge is 2.26. The summed E-state index contributed by atoms with van der Waals surface area (Å²) in [6, 6.07) is 13.9. The molecule has 5 nitrogen and oxygen atoms in total. The van der Waals surface area contributed by atoms with Crippen LogP contribution in [-0.4, -0.2) is 54.2 Å². The molecule has 0 aliphatic carbocycles. The van der Waals surface area contributed by atoms with Crippen LogP contribution in [0.5, 0.6) is 0 Å². The van der Waals surface area contributed by atoms with Gasteiger partial charge in [-0.2, -0.15) is 0 Å². The molecule has 0 amide bonds. The highest BCUT2D eigenvalue weighted by molar-refractivity contribution is 6.30. The van der Waals surface area contributed by atoms with Gasteiger partial charge in [0.1, 0.15) is 11.9 Å². The Bertz CT molecular complexity index is 860. The zero-order valence-electron chi connectivity index (χ0n) is 16.7. The van der Waals surface area contributed by atoms with Crippen molar-refractivity contribution in [3.05, 3.63) is 83.2 Å². The molecule has 0 saturated carbocycles. The minimum atomic E-state index is -0.684. The van der Waals surface area contributed by atoms with Crippen molar-refractivity contribution in [2.45, 2.75) is 25.2 Å². The monoisotopic (exact) mass is 432 g/mol. The smallest absolute Gasteiger partial charge is 0.145 e. The second kappa shape index (κ2) is 11.2. The molecule has 3 rings (SSSR count). The SMILES string of the molecule is C=CCOCC(O)CN(Cc1cccc(F)c1)CC1CC(c2ccc(Cl)cc2)=NO1. The summed E-state index contributed by atoms with van der Waals surface area (Å²) in [7, 11) is 0. The molecule has 7 heteroatoms. The third kappa shape index (κ3) is 6.92. The van der Waals surface area contributed by atoms with E-state index in [1.807, 2.05) is 35.2 Å². The van der Waals surface area contributed by atoms with Crippen molar-refractivity contribution in [2.24, 2.45) is 5.16 Å². The summed E-state index contributed by atoms with van der Waals surface area (Å²) in [6.07, 6.45) is 1.44. The molecule has 1 N–H and O–H groups in total. The van der Waals surface area contributed by atoms with E-state index in [9.17, 15) is 9.50 Å². The van der Waals surface area contributed by atoms with Gasteiger partial charge in [-0.1, -0.05) is 47.1 Å². The Morgan fingerprint density at radius 2 is 2.13 bits per heavy atom. The van der Waals surface area contributed by atoms with E-state index in [-0.39, 0.29) is 18.5 Å². The van der Waals surface area contributed by atoms with Crippen LogP contribution in [0, 0.1) is 5.82 Å². The number of aliphatic hydroxyl groups is 1. The molecule has 2 aromatic rings. The van der Waals surface area contributed by atoms with Gasteiger partial charge in [-0.15, -0.1) is 6.58 Å². The summed E-state index contributed by atoms with van der Waals surface area (Å²) in [5.74, 6) is -0.284. The van der Waals surface area contributed by atoms with Crippen LogP contribution in [-0.2, 0) is 16.1 Å². The van der Waals surface area contributed by atoms with E-state index in [2.05, 4.69) is 11.7 Å². The molecule has 1 aliphatic rings. The lowest BCUT2D eigenvalue weighted by Gasteiger charge is -2.27. The average Bonchev–Trinajstić information content (AvgIpc) is 3.17. The fourth-order valence-corrected chi connectivity index (χ4v) is 3.49. The quantitative estimate of drug-likeness (QED) is 0.430. The van der Waals surface area contributed by atoms with E-state index in [0.29, 0.717) is 37.7 Å². The first kappa shape index (κ1) is 22.4. The van der Waals surface area contributed by atoms with Crippen molar-refractivity contribution < 1.29 is 19.1 Å². The molecule has 160 valence electrons. The topological polar surface area (TPSA) is 54.3 Å². The van der Waals surface area contributed by atoms with Gasteiger partial charge in [0.15, 0.2) is 0 Å². The number of halogens is 2. The number of aliphatic hydroxyl groups excluding tert-OH is 1. The molecule has 2 aromatic carbocycles. The van der Waals surface area contributed by atoms with Gasteiger partial charge in [0, 0.05) is 31.1 Å². The maximum absolute atomic E-state index is 13.6. The Balaban J connectivity index is 1.61. The molecule has 1 aliphatic heterocycles. The molecule has 0 aromatic heterocycles. The van der Waals surface area contributed by atoms with Gasteiger partial charge >= 0.3 is 0 Å². The third-order valence-corrected chi connectivity index (χ3v) is 4.93. The van der Waals surface area contributed by atoms with Gasteiger partial charge in [0.2, 0.25) is 0 Å². The Kier molecular flexibility index (Phi) is 8.39. The van der Waals surface area contributed by atoms with E-state index in [1.54, 1.807) is 12.1 Å². The van der Waals surface area contributed by atoms with Gasteiger partial charge < -0.3 is 14.7 Å². The minimum absolute atomic E-state index is 0.162. The first-order valence-corrected chi connectivity index (χ1v) is 10.2. The van der Waals surface area contributed by atoms with Gasteiger partial charge in [0.05, 0.1) is 25.0 Å². The first-order valence-electron chi connectivity index (χ1n) is 9.85. The van der Waals surface area contributed by atoms with Crippen molar-refractivity contribution in [1.29, 1.82) is 0 Å². The maximum Gasteiger partial charge on any atom is 0.145 e. The Morgan fingerprint density at radius 1 is 1.33 bits per heavy atom. The van der Waals surface area contributed by atoms with Gasteiger partial charge in [-0.25, -0.2) is 4.39 Å². The highest BCUT2D eigenvalue weighted by atomic mass is 35.5. The van der Waals surface area contributed by atoms with Crippen LogP contribution < -0.4 is 0 Å². The van der Waals surface area contributed by atoms with Crippen molar-refractivity contribution in [3.8, 4) is 0 Å². The van der Waals surface area contributed by atoms with Crippen LogP contribution in [0.2, 0.25) is 5.02 Å². The van der Waals surface area contributed by atoms with Crippen LogP contribution in [0.3, 0.4) is 0 Å². The Labute approximate surface area is 181 Å². The summed E-state index contributed by atoms with van der Waals surface area (Å²) < 4.78 is 19.0. The normalized spacial score (nSPS) is 16.9. The molecule has 1 heterocycles. The van der Waals surface area contributed by atoms with E-state index in [0.717, 1.165) is 16.8 Å². The molecule has 2 unspecified atom stereocenters. The molecule has 0 fully saturated rings. The fourth-order valence-electron chi connectivity index (χ4n) is 3.36. The lowest BCUT2D eigenvalue weighted by atomic mass is 10.0. The number of ether oxygens (including phenoxy) is 1. The van der Waals surface area contributed by atoms with Gasteiger partial charge in [0.25, 0.3) is 0 Å². The zero-order chi connectivity index (χ0) is 21.3. The third-order valence-electron chi connectivity index (χ3n) is 4.68. The molecular formula is C23H26ClFN2O3. The number of benzene rings is 2. The predicted octanol–water partition coefficient (Wildman–Crippen LogP) is 4.04. The summed E-state index contributed by atoms with van der Waals surface area (Å²) in [4.78, 5) is 7.66. The number of hydrogen-bond acceptors (Lipinski definition) is 5. The summed E-state index contributed by atoms with van der Waals surface area (Å²) in [5.41, 5.74) is 2.65. The van der Waals surface area contributed by atoms with Crippen LogP contribution in [0.1, 0.15) is 17.5 Å². The summed E-state index contributed by atoms with van der Waals surface area (Å²) in [5, 5.41) is 15.2. The number of hydrogen-bond donors (Lipinski definition) is 1. The van der Waals surface area contributed by atoms with E-state index < -0.39 is 6.10 Å². The van der Waals surface area contributed by atoms with Crippen molar-refractivity contribution >= 4 is 17.3 Å². The minimum Gasteiger partial charge on any atom is -0.390 e. The second-order valence-electron chi connectivity index (χ2n) is 7.28. The number of oxime groups is 1. The van der Waals surface area contributed by atoms with Crippen molar-refractivity contribution in [1.82, 2.24) is 4.90 Å². The van der Waals surface area contributed by atoms with Gasteiger partial charge in [-0.3, -0.25) is 4.90 Å². The zero-order valence-corrected chi connectivity index (χ0v) is 17.5. The second-order valence-corrected chi connectivity index (χ2v) is 7.72. The Morgan fingerprint density at radius 3 is 2.87 bits per heavy atom. The number of nitrogens with zero attached hydrogens (tertiary/aromatic N) is 2. The summed E-state index contributed by atoms with van der Waals surface area (Å²) in [6.45, 7) is 5.56. The van der Waals surface area contributed by atoms with E-state index >= 15 is 0 Å². The maximum atomic E-state index is 13.6. The fraction of sp³-hybridized carbons (Fsp3) is 0.348. The molecule has 0 bridgehead atoms. The summed E-state index contributed by atoms with van der Waals surface area (Å²) >= 11 is 5.95. The van der Waals surface area contributed by atoms with Crippen LogP contribution >= 0.6 is 11.6 Å². The van der Waals surface area contributed by atoms with Crippen LogP contribution in [0.25, 0.3) is 0 Å². The predicted molar refractivity (Wildman–Crippen MR) is 116 cm³/mol. The molecule has 0 radical (unpaired) electrons. The molecular weight excluding hydrogens is 407 g/mol. The lowest BCUT2D eigenvalue weighted by Crippen LogP contribution is -2.39. The van der Waals surface area contributed by atoms with E-state index in [4.69, 9.17) is 21.2 Å². The largest absolute Gasteiger partial charge is 0.390 e.